The lowest BCUT2D eigenvalue weighted by atomic mass is 9.94. The molecule has 0 bridgehead atoms. The Morgan fingerprint density at radius 3 is 2.55 bits per heavy atom. The number of thiazole rings is 1. The SMILES string of the molecule is CCOC(=O)C1=C(C)N=c2s/c(=C/c3ccc(OCc4ccc(Cl)cc4)c(OC)c3)c(=O)n2[C@@H]1c1ccc(C)c([N+](=O)[O-])c1. The van der Waals surface area contributed by atoms with Gasteiger partial charge in [0.2, 0.25) is 0 Å². The van der Waals surface area contributed by atoms with E-state index in [2.05, 4.69) is 4.99 Å². The molecule has 0 spiro atoms. The Morgan fingerprint density at radius 2 is 1.86 bits per heavy atom. The highest BCUT2D eigenvalue weighted by atomic mass is 35.5. The van der Waals surface area contributed by atoms with Gasteiger partial charge in [0.1, 0.15) is 6.61 Å². The van der Waals surface area contributed by atoms with Gasteiger partial charge < -0.3 is 14.2 Å². The highest BCUT2D eigenvalue weighted by molar-refractivity contribution is 7.07. The van der Waals surface area contributed by atoms with Crippen molar-refractivity contribution in [2.75, 3.05) is 13.7 Å². The van der Waals surface area contributed by atoms with Crippen LogP contribution < -0.4 is 24.4 Å². The van der Waals surface area contributed by atoms with Crippen molar-refractivity contribution in [1.29, 1.82) is 0 Å². The van der Waals surface area contributed by atoms with E-state index >= 15 is 0 Å². The van der Waals surface area contributed by atoms with Crippen molar-refractivity contribution >= 4 is 40.7 Å². The maximum absolute atomic E-state index is 13.9. The van der Waals surface area contributed by atoms with Crippen LogP contribution in [0.5, 0.6) is 11.5 Å². The van der Waals surface area contributed by atoms with E-state index in [1.807, 2.05) is 12.1 Å². The van der Waals surface area contributed by atoms with Crippen molar-refractivity contribution in [2.45, 2.75) is 33.4 Å². The number of carbonyl (C=O) groups is 1. The van der Waals surface area contributed by atoms with E-state index in [-0.39, 0.29) is 17.9 Å². The number of rotatable bonds is 9. The molecule has 12 heteroatoms. The van der Waals surface area contributed by atoms with Gasteiger partial charge >= 0.3 is 5.97 Å². The van der Waals surface area contributed by atoms with Crippen LogP contribution in [0, 0.1) is 17.0 Å². The molecule has 2 heterocycles. The fourth-order valence-electron chi connectivity index (χ4n) is 4.89. The molecule has 1 aliphatic rings. The van der Waals surface area contributed by atoms with Gasteiger partial charge in [0.25, 0.3) is 11.2 Å². The van der Waals surface area contributed by atoms with Gasteiger partial charge in [-0.2, -0.15) is 0 Å². The molecule has 0 radical (unpaired) electrons. The van der Waals surface area contributed by atoms with Crippen LogP contribution in [0.15, 0.2) is 81.7 Å². The van der Waals surface area contributed by atoms with Crippen LogP contribution in [0.1, 0.15) is 42.1 Å². The van der Waals surface area contributed by atoms with E-state index < -0.39 is 22.5 Å². The monoisotopic (exact) mass is 633 g/mol. The molecule has 0 fully saturated rings. The molecule has 1 atom stereocenters. The topological polar surface area (TPSA) is 122 Å². The Morgan fingerprint density at radius 1 is 1.11 bits per heavy atom. The van der Waals surface area contributed by atoms with E-state index in [1.165, 1.54) is 17.7 Å². The van der Waals surface area contributed by atoms with Gasteiger partial charge in [-0.25, -0.2) is 9.79 Å². The van der Waals surface area contributed by atoms with Crippen molar-refractivity contribution in [3.63, 3.8) is 0 Å². The van der Waals surface area contributed by atoms with Gasteiger partial charge in [-0.3, -0.25) is 19.5 Å². The number of fused-ring (bicyclic) bond motifs is 1. The predicted octanol–water partition coefficient (Wildman–Crippen LogP) is 5.26. The number of halogens is 1. The summed E-state index contributed by atoms with van der Waals surface area (Å²) in [6.07, 6.45) is 1.70. The second-order valence-electron chi connectivity index (χ2n) is 9.93. The number of nitro benzene ring substituents is 1. The molecule has 0 unspecified atom stereocenters. The lowest BCUT2D eigenvalue weighted by molar-refractivity contribution is -0.385. The molecule has 0 aliphatic carbocycles. The lowest BCUT2D eigenvalue weighted by Gasteiger charge is -2.24. The van der Waals surface area contributed by atoms with Gasteiger partial charge in [-0.05, 0) is 67.8 Å². The molecule has 0 amide bonds. The molecule has 226 valence electrons. The first-order valence-corrected chi connectivity index (χ1v) is 14.8. The number of ether oxygens (including phenoxy) is 3. The molecule has 0 saturated heterocycles. The van der Waals surface area contributed by atoms with Crippen LogP contribution in [0.4, 0.5) is 5.69 Å². The number of nitro groups is 1. The normalized spacial score (nSPS) is 14.6. The van der Waals surface area contributed by atoms with Crippen LogP contribution in [0.25, 0.3) is 6.08 Å². The number of hydrogen-bond acceptors (Lipinski definition) is 9. The number of methoxy groups -OCH3 is 1. The molecule has 10 nitrogen and oxygen atoms in total. The number of esters is 1. The Kier molecular flexibility index (Phi) is 8.98. The number of aryl methyl sites for hydroxylation is 1. The summed E-state index contributed by atoms with van der Waals surface area (Å²) < 4.78 is 18.6. The molecule has 1 aliphatic heterocycles. The van der Waals surface area contributed by atoms with Crippen LogP contribution in [0.3, 0.4) is 0 Å². The first-order valence-electron chi connectivity index (χ1n) is 13.6. The molecule has 3 aromatic carbocycles. The van der Waals surface area contributed by atoms with Gasteiger partial charge in [-0.15, -0.1) is 0 Å². The number of allylic oxidation sites excluding steroid dienone is 1. The van der Waals surface area contributed by atoms with Crippen LogP contribution in [0.2, 0.25) is 5.02 Å². The molecule has 44 heavy (non-hydrogen) atoms. The van der Waals surface area contributed by atoms with E-state index in [1.54, 1.807) is 69.3 Å². The summed E-state index contributed by atoms with van der Waals surface area (Å²) in [7, 11) is 1.53. The van der Waals surface area contributed by atoms with Crippen molar-refractivity contribution in [2.24, 2.45) is 4.99 Å². The average Bonchev–Trinajstić information content (AvgIpc) is 3.30. The van der Waals surface area contributed by atoms with Crippen LogP contribution in [-0.2, 0) is 16.1 Å². The van der Waals surface area contributed by atoms with E-state index in [0.717, 1.165) is 16.9 Å². The Bertz CT molecular complexity index is 1980. The summed E-state index contributed by atoms with van der Waals surface area (Å²) in [5.74, 6) is 0.359. The fourth-order valence-corrected chi connectivity index (χ4v) is 6.06. The maximum atomic E-state index is 13.9. The minimum Gasteiger partial charge on any atom is -0.493 e. The van der Waals surface area contributed by atoms with E-state index in [9.17, 15) is 19.7 Å². The summed E-state index contributed by atoms with van der Waals surface area (Å²) in [5.41, 5.74) is 2.46. The second kappa shape index (κ2) is 12.9. The largest absolute Gasteiger partial charge is 0.493 e. The molecule has 1 aromatic heterocycles. The van der Waals surface area contributed by atoms with Gasteiger partial charge in [0.15, 0.2) is 16.3 Å². The van der Waals surface area contributed by atoms with Crippen LogP contribution in [-0.4, -0.2) is 29.2 Å². The minimum absolute atomic E-state index is 0.113. The van der Waals surface area contributed by atoms with E-state index in [0.29, 0.717) is 54.8 Å². The first kappa shape index (κ1) is 30.7. The molecule has 0 saturated carbocycles. The highest BCUT2D eigenvalue weighted by Gasteiger charge is 2.34. The summed E-state index contributed by atoms with van der Waals surface area (Å²) in [5, 5.41) is 12.4. The second-order valence-corrected chi connectivity index (χ2v) is 11.4. The van der Waals surface area contributed by atoms with Gasteiger partial charge in [0.05, 0.1) is 40.5 Å². The first-order chi connectivity index (χ1) is 21.1. The highest BCUT2D eigenvalue weighted by Crippen LogP contribution is 2.34. The summed E-state index contributed by atoms with van der Waals surface area (Å²) in [6.45, 7) is 5.39. The zero-order valence-electron chi connectivity index (χ0n) is 24.3. The Hall–Kier alpha value is -4.74. The van der Waals surface area contributed by atoms with Crippen molar-refractivity contribution in [3.8, 4) is 11.5 Å². The van der Waals surface area contributed by atoms with Gasteiger partial charge in [-0.1, -0.05) is 53.3 Å². The molecular weight excluding hydrogens is 606 g/mol. The molecule has 5 rings (SSSR count). The fraction of sp³-hybridized carbons (Fsp3) is 0.219. The number of hydrogen-bond donors (Lipinski definition) is 0. The quantitative estimate of drug-likeness (QED) is 0.140. The zero-order chi connectivity index (χ0) is 31.5. The molecular formula is C32H28ClN3O7S. The predicted molar refractivity (Wildman–Crippen MR) is 167 cm³/mol. The standard InChI is InChI=1S/C32H28ClN3O7S/c1-5-42-31(38)28-19(3)34-32-35(29(28)22-10-6-18(2)24(16-22)36(39)40)30(37)27(44-32)15-21-9-13-25(26(14-21)41-4)43-17-20-7-11-23(33)12-8-20/h6-16,29H,5,17H2,1-4H3/b27-15+/t29-/m1/s1. The van der Waals surface area contributed by atoms with Crippen molar-refractivity contribution in [3.05, 3.63) is 129 Å². The summed E-state index contributed by atoms with van der Waals surface area (Å²) in [4.78, 5) is 43.2. The Balaban J connectivity index is 1.57. The maximum Gasteiger partial charge on any atom is 0.338 e. The minimum atomic E-state index is -0.968. The third-order valence-electron chi connectivity index (χ3n) is 7.06. The van der Waals surface area contributed by atoms with E-state index in [4.69, 9.17) is 25.8 Å². The zero-order valence-corrected chi connectivity index (χ0v) is 25.9. The average molecular weight is 634 g/mol. The third-order valence-corrected chi connectivity index (χ3v) is 8.29. The van der Waals surface area contributed by atoms with Crippen LogP contribution >= 0.6 is 22.9 Å². The molecule has 4 aromatic rings. The third kappa shape index (κ3) is 6.15. The number of aromatic nitrogens is 1. The number of benzene rings is 3. The molecule has 0 N–H and O–H groups in total. The van der Waals surface area contributed by atoms with Crippen molar-refractivity contribution < 1.29 is 23.9 Å². The van der Waals surface area contributed by atoms with Crippen molar-refractivity contribution in [1.82, 2.24) is 4.57 Å². The smallest absolute Gasteiger partial charge is 0.338 e. The summed E-state index contributed by atoms with van der Waals surface area (Å²) >= 11 is 7.12. The number of carbonyl (C=O) groups excluding carboxylic acids is 1. The number of nitrogens with zero attached hydrogens (tertiary/aromatic N) is 3. The Labute approximate surface area is 261 Å². The van der Waals surface area contributed by atoms with Gasteiger partial charge in [0, 0.05) is 16.7 Å². The summed E-state index contributed by atoms with van der Waals surface area (Å²) in [6, 6.07) is 16.3. The lowest BCUT2D eigenvalue weighted by Crippen LogP contribution is -2.40.